The molecule has 0 spiro atoms. The number of nitrogens with zero attached hydrogens (tertiary/aromatic N) is 3. The van der Waals surface area contributed by atoms with E-state index < -0.39 is 46.8 Å². The van der Waals surface area contributed by atoms with Crippen molar-refractivity contribution in [2.45, 2.75) is 25.7 Å². The molecule has 0 fully saturated rings. The summed E-state index contributed by atoms with van der Waals surface area (Å²) in [5.74, 6) is 3.52. The lowest BCUT2D eigenvalue weighted by molar-refractivity contribution is -0.407. The largest absolute Gasteiger partial charge is 0.744 e. The first-order chi connectivity index (χ1) is 19.4. The summed E-state index contributed by atoms with van der Waals surface area (Å²) in [6, 6.07) is 22.1. The second-order valence-corrected chi connectivity index (χ2v) is 13.1. The summed E-state index contributed by atoms with van der Waals surface area (Å²) in [6.45, 7) is 6.87. The van der Waals surface area contributed by atoms with Gasteiger partial charge in [-0.2, -0.15) is 0 Å². The summed E-state index contributed by atoms with van der Waals surface area (Å²) in [5.41, 5.74) is -1.38. The van der Waals surface area contributed by atoms with Gasteiger partial charge in [0.15, 0.2) is 4.91 Å². The minimum Gasteiger partial charge on any atom is -0.744 e. The Hall–Kier alpha value is -3.79. The van der Waals surface area contributed by atoms with E-state index in [0.717, 1.165) is 5.75 Å². The highest BCUT2D eigenvalue weighted by Gasteiger charge is 2.34. The maximum absolute atomic E-state index is 10.8. The fraction of sp³-hybridized carbons (Fsp3) is 0.231. The van der Waals surface area contributed by atoms with Crippen LogP contribution in [0.2, 0.25) is 0 Å². The van der Waals surface area contributed by atoms with Gasteiger partial charge < -0.3 is 4.55 Å². The summed E-state index contributed by atoms with van der Waals surface area (Å²) < 4.78 is 32.5. The van der Waals surface area contributed by atoms with E-state index in [1.54, 1.807) is 4.91 Å². The molecule has 3 aromatic carbocycles. The Morgan fingerprint density at radius 2 is 1.20 bits per heavy atom. The number of thioether (sulfide) groups is 1. The first-order valence-electron chi connectivity index (χ1n) is 12.1. The van der Waals surface area contributed by atoms with Gasteiger partial charge in [0.2, 0.25) is 4.90 Å². The number of hydrogen-bond acceptors (Lipinski definition) is 10. The monoisotopic (exact) mass is 621 g/mol. The molecule has 0 saturated carbocycles. The number of benzene rings is 3. The van der Waals surface area contributed by atoms with Crippen molar-refractivity contribution in [3.05, 3.63) is 114 Å². The Morgan fingerprint density at radius 3 is 1.54 bits per heavy atom. The minimum atomic E-state index is -5.55. The molecule has 0 unspecified atom stereocenters. The molecule has 0 radical (unpaired) electrons. The van der Waals surface area contributed by atoms with Crippen LogP contribution in [-0.4, -0.2) is 45.0 Å². The summed E-state index contributed by atoms with van der Waals surface area (Å²) in [5, 5.41) is 31.6. The lowest BCUT2D eigenvalue weighted by atomic mass is 10.1. The zero-order valence-electron chi connectivity index (χ0n) is 22.3. The van der Waals surface area contributed by atoms with Crippen molar-refractivity contribution in [2.24, 2.45) is 0 Å². The van der Waals surface area contributed by atoms with Crippen molar-refractivity contribution in [2.75, 3.05) is 17.3 Å². The van der Waals surface area contributed by atoms with Crippen molar-refractivity contribution >= 4 is 59.6 Å². The highest BCUT2D eigenvalue weighted by atomic mass is 32.2. The second-order valence-electron chi connectivity index (χ2n) is 7.93. The van der Waals surface area contributed by atoms with Crippen molar-refractivity contribution < 1.29 is 27.7 Å². The molecule has 0 amide bonds. The van der Waals surface area contributed by atoms with Crippen LogP contribution in [0.5, 0.6) is 0 Å². The predicted molar refractivity (Wildman–Crippen MR) is 161 cm³/mol. The SMILES string of the molecule is CCS/C(=C(/c1ccccc1)[S+](CC)CC)c1ccccc1.O=[N+]([O-])c1cc([N+](=O)[O-])c(S(=O)(=O)[O-])c([N+](=O)[O-])c1. The van der Waals surface area contributed by atoms with E-state index in [1.807, 2.05) is 11.8 Å². The third-order valence-electron chi connectivity index (χ3n) is 5.44. The van der Waals surface area contributed by atoms with E-state index in [2.05, 4.69) is 81.4 Å². The molecule has 0 atom stereocenters. The van der Waals surface area contributed by atoms with Crippen molar-refractivity contribution in [1.82, 2.24) is 0 Å². The highest BCUT2D eigenvalue weighted by molar-refractivity contribution is 8.12. The third kappa shape index (κ3) is 8.85. The molecule has 41 heavy (non-hydrogen) atoms. The van der Waals surface area contributed by atoms with E-state index in [0.29, 0.717) is 10.9 Å². The van der Waals surface area contributed by atoms with Crippen LogP contribution in [0, 0.1) is 30.3 Å². The van der Waals surface area contributed by atoms with E-state index >= 15 is 0 Å². The van der Waals surface area contributed by atoms with Crippen LogP contribution >= 0.6 is 11.8 Å². The van der Waals surface area contributed by atoms with Crippen molar-refractivity contribution in [3.8, 4) is 0 Å². The van der Waals surface area contributed by atoms with Gasteiger partial charge in [0, 0.05) is 16.5 Å². The summed E-state index contributed by atoms with van der Waals surface area (Å²) in [7, 11) is -5.25. The topological polar surface area (TPSA) is 187 Å². The van der Waals surface area contributed by atoms with Gasteiger partial charge in [0.1, 0.15) is 21.6 Å². The van der Waals surface area contributed by atoms with Gasteiger partial charge in [-0.3, -0.25) is 30.3 Å². The molecule has 0 aromatic heterocycles. The van der Waals surface area contributed by atoms with Crippen LogP contribution in [0.4, 0.5) is 17.1 Å². The van der Waals surface area contributed by atoms with E-state index in [4.69, 9.17) is 0 Å². The molecule has 0 bridgehead atoms. The number of nitro benzene ring substituents is 3. The molecule has 0 N–H and O–H groups in total. The van der Waals surface area contributed by atoms with Gasteiger partial charge in [-0.15, -0.1) is 11.8 Å². The Labute approximate surface area is 244 Å². The predicted octanol–water partition coefficient (Wildman–Crippen LogP) is 6.24. The quantitative estimate of drug-likeness (QED) is 0.0779. The normalized spacial score (nSPS) is 11.7. The van der Waals surface area contributed by atoms with Gasteiger partial charge in [-0.1, -0.05) is 55.5 Å². The lowest BCUT2D eigenvalue weighted by Crippen LogP contribution is -2.11. The van der Waals surface area contributed by atoms with Crippen LogP contribution in [-0.2, 0) is 21.0 Å². The molecule has 0 aliphatic rings. The second kappa shape index (κ2) is 15.3. The van der Waals surface area contributed by atoms with Gasteiger partial charge in [-0.25, -0.2) is 8.42 Å². The Bertz CT molecular complexity index is 1490. The first-order valence-corrected chi connectivity index (χ1v) is 16.0. The Balaban J connectivity index is 0.000000290. The van der Waals surface area contributed by atoms with Crippen LogP contribution in [0.25, 0.3) is 9.81 Å². The maximum atomic E-state index is 10.8. The molecule has 12 nitrogen and oxygen atoms in total. The van der Waals surface area contributed by atoms with E-state index in [9.17, 15) is 43.3 Å². The smallest absolute Gasteiger partial charge is 0.300 e. The molecule has 218 valence electrons. The zero-order chi connectivity index (χ0) is 30.7. The van der Waals surface area contributed by atoms with E-state index in [-0.39, 0.29) is 12.1 Å². The average Bonchev–Trinajstić information content (AvgIpc) is 2.95. The highest BCUT2D eigenvalue weighted by Crippen LogP contribution is 2.40. The molecule has 0 saturated heterocycles. The van der Waals surface area contributed by atoms with Crippen molar-refractivity contribution in [3.63, 3.8) is 0 Å². The molecule has 0 aliphatic carbocycles. The van der Waals surface area contributed by atoms with Crippen molar-refractivity contribution in [1.29, 1.82) is 0 Å². The number of non-ortho nitro benzene ring substituents is 1. The van der Waals surface area contributed by atoms with Crippen LogP contribution in [0.15, 0.2) is 77.7 Å². The standard InChI is InChI=1S/C20H25S2.C6H3N3O9S/c1-4-21-19(17-13-9-7-10-14-17)20(22(5-2)6-3)18-15-11-8-12-16-18;10-7(11)3-1-4(8(12)13)6(19(16,17)18)5(2-3)9(14)15/h7-16H,4-6H2,1-3H3;1-2H,(H,16,17,18)/q+1;/p-1/b20-19-;. The summed E-state index contributed by atoms with van der Waals surface area (Å²) in [4.78, 5) is 28.8. The van der Waals surface area contributed by atoms with Crippen LogP contribution < -0.4 is 0 Å². The third-order valence-corrected chi connectivity index (χ3v) is 9.92. The molecular formula is C26H27N3O9S3. The van der Waals surface area contributed by atoms with Gasteiger partial charge in [-0.05, 0) is 37.3 Å². The first kappa shape index (κ1) is 33.4. The molecule has 0 aliphatic heterocycles. The van der Waals surface area contributed by atoms with Gasteiger partial charge in [0.05, 0.1) is 31.8 Å². The lowest BCUT2D eigenvalue weighted by Gasteiger charge is -2.15. The minimum absolute atomic E-state index is 0.164. The number of rotatable bonds is 11. The fourth-order valence-electron chi connectivity index (χ4n) is 3.74. The van der Waals surface area contributed by atoms with Gasteiger partial charge in [0.25, 0.3) is 5.69 Å². The molecular weight excluding hydrogens is 594 g/mol. The maximum Gasteiger partial charge on any atom is 0.300 e. The average molecular weight is 622 g/mol. The zero-order valence-corrected chi connectivity index (χ0v) is 24.7. The van der Waals surface area contributed by atoms with E-state index in [1.165, 1.54) is 27.5 Å². The Kier molecular flexibility index (Phi) is 12.5. The molecule has 3 aromatic rings. The summed E-state index contributed by atoms with van der Waals surface area (Å²) in [6.07, 6.45) is 0. The van der Waals surface area contributed by atoms with Crippen LogP contribution in [0.3, 0.4) is 0 Å². The molecule has 15 heteroatoms. The summed E-state index contributed by atoms with van der Waals surface area (Å²) >= 11 is 1.98. The Morgan fingerprint density at radius 1 is 0.756 bits per heavy atom. The van der Waals surface area contributed by atoms with Gasteiger partial charge >= 0.3 is 11.4 Å². The molecule has 0 heterocycles. The fourth-order valence-corrected chi connectivity index (χ4v) is 7.73. The number of hydrogen-bond donors (Lipinski definition) is 0. The number of nitro groups is 3. The molecule has 3 rings (SSSR count). The van der Waals surface area contributed by atoms with Crippen LogP contribution in [0.1, 0.15) is 31.9 Å².